The largest absolute Gasteiger partial charge is 0.507 e. The Morgan fingerprint density at radius 2 is 1.62 bits per heavy atom. The number of ether oxygens (including phenoxy) is 1. The standard InChI is InChI=1S/C27H20ClNO3/c1-32-27(31)21-8-5-9-22-25(21)26-23(29(22)16-17-6-3-2-4-7-17)14-19(15-24(26)30)18-10-12-20(28)13-11-18/h2-15,30H,16H2,1H3. The summed E-state index contributed by atoms with van der Waals surface area (Å²) in [4.78, 5) is 12.5. The maximum atomic E-state index is 12.5. The minimum atomic E-state index is -0.435. The molecule has 1 aromatic heterocycles. The number of phenolic OH excluding ortho intramolecular Hbond substituents is 1. The minimum Gasteiger partial charge on any atom is -0.507 e. The number of aromatic nitrogens is 1. The predicted molar refractivity (Wildman–Crippen MR) is 128 cm³/mol. The summed E-state index contributed by atoms with van der Waals surface area (Å²) in [6, 6.07) is 26.9. The lowest BCUT2D eigenvalue weighted by Gasteiger charge is -2.10. The lowest BCUT2D eigenvalue weighted by molar-refractivity contribution is 0.0603. The zero-order valence-electron chi connectivity index (χ0n) is 17.4. The van der Waals surface area contributed by atoms with E-state index in [1.165, 1.54) is 7.11 Å². The molecule has 0 aliphatic carbocycles. The van der Waals surface area contributed by atoms with Crippen LogP contribution in [0.2, 0.25) is 5.02 Å². The molecule has 4 aromatic carbocycles. The van der Waals surface area contributed by atoms with Crippen LogP contribution in [0.1, 0.15) is 15.9 Å². The van der Waals surface area contributed by atoms with Crippen LogP contribution in [0.4, 0.5) is 0 Å². The number of benzene rings is 4. The molecule has 4 nitrogen and oxygen atoms in total. The highest BCUT2D eigenvalue weighted by Gasteiger charge is 2.21. The van der Waals surface area contributed by atoms with E-state index in [0.717, 1.165) is 27.7 Å². The van der Waals surface area contributed by atoms with E-state index in [0.29, 0.717) is 27.9 Å². The molecule has 0 radical (unpaired) electrons. The summed E-state index contributed by atoms with van der Waals surface area (Å²) in [5.41, 5.74) is 5.04. The molecule has 5 heteroatoms. The molecule has 0 saturated carbocycles. The molecular formula is C27H20ClNO3. The SMILES string of the molecule is COC(=O)c1cccc2c1c1c(O)cc(-c3ccc(Cl)cc3)cc1n2Cc1ccccc1. The maximum Gasteiger partial charge on any atom is 0.338 e. The van der Waals surface area contributed by atoms with E-state index in [2.05, 4.69) is 16.7 Å². The molecule has 0 aliphatic rings. The molecule has 0 spiro atoms. The molecule has 0 saturated heterocycles. The van der Waals surface area contributed by atoms with Crippen molar-refractivity contribution in [2.45, 2.75) is 6.54 Å². The van der Waals surface area contributed by atoms with Crippen molar-refractivity contribution in [1.82, 2.24) is 4.57 Å². The third-order valence-electron chi connectivity index (χ3n) is 5.74. The Hall–Kier alpha value is -3.76. The van der Waals surface area contributed by atoms with Crippen molar-refractivity contribution < 1.29 is 14.6 Å². The quantitative estimate of drug-likeness (QED) is 0.317. The van der Waals surface area contributed by atoms with E-state index in [1.807, 2.05) is 60.7 Å². The van der Waals surface area contributed by atoms with Gasteiger partial charge in [0.05, 0.1) is 29.1 Å². The summed E-state index contributed by atoms with van der Waals surface area (Å²) in [6.45, 7) is 0.592. The van der Waals surface area contributed by atoms with E-state index >= 15 is 0 Å². The summed E-state index contributed by atoms with van der Waals surface area (Å²) in [7, 11) is 1.36. The molecule has 0 amide bonds. The van der Waals surface area contributed by atoms with Gasteiger partial charge in [-0.1, -0.05) is 60.1 Å². The lowest BCUT2D eigenvalue weighted by atomic mass is 10.0. The second kappa shape index (κ2) is 8.06. The first-order valence-corrected chi connectivity index (χ1v) is 10.6. The molecule has 1 N–H and O–H groups in total. The summed E-state index contributed by atoms with van der Waals surface area (Å²) in [5, 5.41) is 13.1. The van der Waals surface area contributed by atoms with Gasteiger partial charge in [0.25, 0.3) is 0 Å². The minimum absolute atomic E-state index is 0.112. The number of phenols is 1. The van der Waals surface area contributed by atoms with Gasteiger partial charge in [0.2, 0.25) is 0 Å². The topological polar surface area (TPSA) is 51.5 Å². The van der Waals surface area contributed by atoms with Crippen molar-refractivity contribution in [2.24, 2.45) is 0 Å². The summed E-state index contributed by atoms with van der Waals surface area (Å²) in [5.74, 6) is -0.323. The molecule has 32 heavy (non-hydrogen) atoms. The number of nitrogens with zero attached hydrogens (tertiary/aromatic N) is 1. The molecule has 0 atom stereocenters. The Morgan fingerprint density at radius 3 is 2.34 bits per heavy atom. The summed E-state index contributed by atoms with van der Waals surface area (Å²) >= 11 is 6.06. The van der Waals surface area contributed by atoms with E-state index in [-0.39, 0.29) is 5.75 Å². The Kier molecular flexibility index (Phi) is 5.08. The number of halogens is 1. The average Bonchev–Trinajstić information content (AvgIpc) is 3.13. The number of fused-ring (bicyclic) bond motifs is 3. The monoisotopic (exact) mass is 441 g/mol. The van der Waals surface area contributed by atoms with Crippen LogP contribution in [-0.4, -0.2) is 22.8 Å². The van der Waals surface area contributed by atoms with Crippen molar-refractivity contribution in [3.63, 3.8) is 0 Å². The number of rotatable bonds is 4. The zero-order chi connectivity index (χ0) is 22.2. The Bertz CT molecular complexity index is 1450. The van der Waals surface area contributed by atoms with Crippen molar-refractivity contribution >= 4 is 39.4 Å². The molecule has 0 aliphatic heterocycles. The number of hydrogen-bond acceptors (Lipinski definition) is 3. The first-order chi connectivity index (χ1) is 15.6. The Labute approximate surface area is 190 Å². The van der Waals surface area contributed by atoms with Gasteiger partial charge in [0.1, 0.15) is 5.75 Å². The Morgan fingerprint density at radius 1 is 0.875 bits per heavy atom. The van der Waals surface area contributed by atoms with Crippen LogP contribution in [0.3, 0.4) is 0 Å². The van der Waals surface area contributed by atoms with Gasteiger partial charge >= 0.3 is 5.97 Å². The molecule has 5 rings (SSSR count). The molecule has 0 bridgehead atoms. The van der Waals surface area contributed by atoms with Gasteiger partial charge in [-0.25, -0.2) is 4.79 Å². The van der Waals surface area contributed by atoms with Crippen LogP contribution in [0.5, 0.6) is 5.75 Å². The van der Waals surface area contributed by atoms with Crippen LogP contribution in [0.15, 0.2) is 84.9 Å². The maximum absolute atomic E-state index is 12.5. The first-order valence-electron chi connectivity index (χ1n) is 10.2. The lowest BCUT2D eigenvalue weighted by Crippen LogP contribution is -2.02. The molecular weight excluding hydrogens is 422 g/mol. The third kappa shape index (κ3) is 3.39. The number of esters is 1. The smallest absolute Gasteiger partial charge is 0.338 e. The van der Waals surface area contributed by atoms with Crippen LogP contribution in [0.25, 0.3) is 32.9 Å². The van der Waals surface area contributed by atoms with Crippen molar-refractivity contribution in [2.75, 3.05) is 7.11 Å². The molecule has 5 aromatic rings. The number of methoxy groups -OCH3 is 1. The molecule has 0 unspecified atom stereocenters. The predicted octanol–water partition coefficient (Wildman–Crippen LogP) is 6.66. The van der Waals surface area contributed by atoms with E-state index in [4.69, 9.17) is 16.3 Å². The third-order valence-corrected chi connectivity index (χ3v) is 5.99. The molecule has 0 fully saturated rings. The number of hydrogen-bond donors (Lipinski definition) is 1. The van der Waals surface area contributed by atoms with Crippen molar-refractivity contribution in [3.8, 4) is 16.9 Å². The first kappa shape index (κ1) is 20.2. The summed E-state index contributed by atoms with van der Waals surface area (Å²) in [6.07, 6.45) is 0. The van der Waals surface area contributed by atoms with Gasteiger partial charge in [-0.2, -0.15) is 0 Å². The summed E-state index contributed by atoms with van der Waals surface area (Å²) < 4.78 is 7.15. The number of carbonyl (C=O) groups is 1. The number of carbonyl (C=O) groups excluding carboxylic acids is 1. The van der Waals surface area contributed by atoms with Gasteiger partial charge in [0, 0.05) is 17.0 Å². The fourth-order valence-corrected chi connectivity index (χ4v) is 4.39. The van der Waals surface area contributed by atoms with Gasteiger partial charge in [-0.05, 0) is 53.1 Å². The van der Waals surface area contributed by atoms with Gasteiger partial charge in [0.15, 0.2) is 0 Å². The van der Waals surface area contributed by atoms with Crippen LogP contribution in [-0.2, 0) is 11.3 Å². The van der Waals surface area contributed by atoms with Crippen LogP contribution >= 0.6 is 11.6 Å². The van der Waals surface area contributed by atoms with Gasteiger partial charge < -0.3 is 14.4 Å². The van der Waals surface area contributed by atoms with Gasteiger partial charge in [-0.15, -0.1) is 0 Å². The van der Waals surface area contributed by atoms with E-state index in [9.17, 15) is 9.90 Å². The fraction of sp³-hybridized carbons (Fsp3) is 0.0741. The zero-order valence-corrected chi connectivity index (χ0v) is 18.1. The van der Waals surface area contributed by atoms with Crippen LogP contribution in [0, 0.1) is 0 Å². The molecule has 1 heterocycles. The van der Waals surface area contributed by atoms with Gasteiger partial charge in [-0.3, -0.25) is 0 Å². The van der Waals surface area contributed by atoms with Crippen molar-refractivity contribution in [1.29, 1.82) is 0 Å². The highest BCUT2D eigenvalue weighted by atomic mass is 35.5. The average molecular weight is 442 g/mol. The second-order valence-corrected chi connectivity index (χ2v) is 8.10. The Balaban J connectivity index is 1.85. The molecule has 158 valence electrons. The highest BCUT2D eigenvalue weighted by molar-refractivity contribution is 6.30. The van der Waals surface area contributed by atoms with Crippen molar-refractivity contribution in [3.05, 3.63) is 101 Å². The van der Waals surface area contributed by atoms with E-state index < -0.39 is 5.97 Å². The van der Waals surface area contributed by atoms with E-state index in [1.54, 1.807) is 12.1 Å². The van der Waals surface area contributed by atoms with Crippen LogP contribution < -0.4 is 0 Å². The number of aromatic hydroxyl groups is 1. The fourth-order valence-electron chi connectivity index (χ4n) is 4.26. The second-order valence-electron chi connectivity index (χ2n) is 7.66. The highest BCUT2D eigenvalue weighted by Crippen LogP contribution is 2.40. The normalized spacial score (nSPS) is 11.2.